The second-order valence-electron chi connectivity index (χ2n) is 5.50. The van der Waals surface area contributed by atoms with Gasteiger partial charge < -0.3 is 14.6 Å². The highest BCUT2D eigenvalue weighted by molar-refractivity contribution is 5.78. The van der Waals surface area contributed by atoms with Crippen LogP contribution in [0.25, 0.3) is 11.0 Å². The Morgan fingerprint density at radius 2 is 1.81 bits per heavy atom. The van der Waals surface area contributed by atoms with Gasteiger partial charge in [0.25, 0.3) is 0 Å². The molecule has 0 radical (unpaired) electrons. The van der Waals surface area contributed by atoms with Crippen LogP contribution in [0.3, 0.4) is 0 Å². The van der Waals surface area contributed by atoms with Crippen LogP contribution in [0.2, 0.25) is 0 Å². The van der Waals surface area contributed by atoms with Crippen LogP contribution in [0, 0.1) is 0 Å². The lowest BCUT2D eigenvalue weighted by molar-refractivity contribution is 0.526. The number of fused-ring (bicyclic) bond motifs is 1. The molecule has 3 rings (SSSR count). The first-order valence-electron chi connectivity index (χ1n) is 7.16. The van der Waals surface area contributed by atoms with E-state index in [4.69, 9.17) is 4.42 Å². The minimum Gasteiger partial charge on any atom is -0.459 e. The quantitative estimate of drug-likeness (QED) is 0.752. The fraction of sp³-hybridized carbons (Fsp3) is 0.222. The van der Waals surface area contributed by atoms with Crippen molar-refractivity contribution in [3.05, 3.63) is 60.4 Å². The van der Waals surface area contributed by atoms with Crippen molar-refractivity contribution in [3.63, 3.8) is 0 Å². The Kier molecular flexibility index (Phi) is 3.57. The van der Waals surface area contributed by atoms with Crippen LogP contribution in [0.4, 0.5) is 11.4 Å². The Bertz CT molecular complexity index is 713. The first-order valence-corrected chi connectivity index (χ1v) is 7.16. The van der Waals surface area contributed by atoms with Crippen molar-refractivity contribution in [2.45, 2.75) is 13.0 Å². The molecule has 0 saturated carbocycles. The molecule has 1 heterocycles. The number of hydrogen-bond acceptors (Lipinski definition) is 3. The molecular weight excluding hydrogens is 260 g/mol. The van der Waals surface area contributed by atoms with Crippen molar-refractivity contribution in [2.75, 3.05) is 24.3 Å². The molecule has 1 N–H and O–H groups in total. The largest absolute Gasteiger partial charge is 0.459 e. The van der Waals surface area contributed by atoms with E-state index in [-0.39, 0.29) is 6.04 Å². The summed E-state index contributed by atoms with van der Waals surface area (Å²) in [6.07, 6.45) is 0. The number of benzene rings is 2. The summed E-state index contributed by atoms with van der Waals surface area (Å²) < 4.78 is 5.91. The molecule has 21 heavy (non-hydrogen) atoms. The number of nitrogens with one attached hydrogen (secondary N) is 1. The average Bonchev–Trinajstić information content (AvgIpc) is 2.91. The number of furan rings is 1. The van der Waals surface area contributed by atoms with E-state index < -0.39 is 0 Å². The van der Waals surface area contributed by atoms with Gasteiger partial charge in [0.2, 0.25) is 0 Å². The normalized spacial score (nSPS) is 12.3. The van der Waals surface area contributed by atoms with E-state index in [1.807, 2.05) is 32.3 Å². The topological polar surface area (TPSA) is 28.4 Å². The lowest BCUT2D eigenvalue weighted by Crippen LogP contribution is -2.10. The minimum absolute atomic E-state index is 0.120. The lowest BCUT2D eigenvalue weighted by Gasteiger charge is -2.17. The average molecular weight is 280 g/mol. The Hall–Kier alpha value is -2.42. The molecule has 3 nitrogen and oxygen atoms in total. The van der Waals surface area contributed by atoms with Gasteiger partial charge in [-0.1, -0.05) is 24.3 Å². The van der Waals surface area contributed by atoms with Crippen molar-refractivity contribution >= 4 is 22.3 Å². The Morgan fingerprint density at radius 1 is 1.00 bits per heavy atom. The Morgan fingerprint density at radius 3 is 2.57 bits per heavy atom. The monoisotopic (exact) mass is 280 g/mol. The second-order valence-corrected chi connectivity index (χ2v) is 5.50. The number of hydrogen-bond donors (Lipinski definition) is 1. The van der Waals surface area contributed by atoms with Gasteiger partial charge in [0, 0.05) is 30.9 Å². The van der Waals surface area contributed by atoms with Crippen LogP contribution in [0.1, 0.15) is 18.7 Å². The zero-order valence-corrected chi connectivity index (χ0v) is 12.6. The predicted molar refractivity (Wildman–Crippen MR) is 89.0 cm³/mol. The van der Waals surface area contributed by atoms with Gasteiger partial charge in [0.05, 0.1) is 6.04 Å². The molecule has 108 valence electrons. The molecule has 0 aliphatic carbocycles. The fourth-order valence-electron chi connectivity index (χ4n) is 2.41. The molecule has 0 spiro atoms. The lowest BCUT2D eigenvalue weighted by atomic mass is 10.2. The summed E-state index contributed by atoms with van der Waals surface area (Å²) in [5.74, 6) is 0.950. The second kappa shape index (κ2) is 5.52. The van der Waals surface area contributed by atoms with Crippen molar-refractivity contribution < 1.29 is 4.42 Å². The molecule has 3 aromatic rings. The molecule has 1 unspecified atom stereocenters. The smallest absolute Gasteiger partial charge is 0.134 e. The summed E-state index contributed by atoms with van der Waals surface area (Å²) in [6, 6.07) is 18.7. The Balaban J connectivity index is 1.82. The van der Waals surface area contributed by atoms with Crippen molar-refractivity contribution in [2.24, 2.45) is 0 Å². The zero-order valence-electron chi connectivity index (χ0n) is 12.6. The predicted octanol–water partition coefficient (Wildman–Crippen LogP) is 4.67. The van der Waals surface area contributed by atoms with E-state index in [1.165, 1.54) is 5.69 Å². The summed E-state index contributed by atoms with van der Waals surface area (Å²) in [7, 11) is 4.09. The first kappa shape index (κ1) is 13.6. The van der Waals surface area contributed by atoms with Gasteiger partial charge in [-0.25, -0.2) is 0 Å². The number of para-hydroxylation sites is 1. The van der Waals surface area contributed by atoms with Gasteiger partial charge >= 0.3 is 0 Å². The zero-order chi connectivity index (χ0) is 14.8. The number of rotatable bonds is 4. The van der Waals surface area contributed by atoms with E-state index in [0.717, 1.165) is 22.4 Å². The van der Waals surface area contributed by atoms with Crippen molar-refractivity contribution in [1.29, 1.82) is 0 Å². The van der Waals surface area contributed by atoms with Crippen LogP contribution in [0.15, 0.2) is 59.0 Å². The van der Waals surface area contributed by atoms with Crippen LogP contribution >= 0.6 is 0 Å². The standard InChI is InChI=1S/C18H20N2O/c1-13(18-11-14-7-4-5-10-17(14)21-18)19-15-8-6-9-16(12-15)20(2)3/h4-13,19H,1-3H3. The molecule has 3 heteroatoms. The maximum Gasteiger partial charge on any atom is 0.134 e. The summed E-state index contributed by atoms with van der Waals surface area (Å²) in [5, 5.41) is 4.64. The van der Waals surface area contributed by atoms with Crippen LogP contribution in [-0.4, -0.2) is 14.1 Å². The van der Waals surface area contributed by atoms with Gasteiger partial charge in [0.1, 0.15) is 11.3 Å². The highest BCUT2D eigenvalue weighted by atomic mass is 16.3. The minimum atomic E-state index is 0.120. The molecule has 1 aromatic heterocycles. The summed E-state index contributed by atoms with van der Waals surface area (Å²) in [5.41, 5.74) is 3.20. The summed E-state index contributed by atoms with van der Waals surface area (Å²) >= 11 is 0. The molecule has 0 fully saturated rings. The third kappa shape index (κ3) is 2.87. The number of anilines is 2. The van der Waals surface area contributed by atoms with Crippen molar-refractivity contribution in [3.8, 4) is 0 Å². The van der Waals surface area contributed by atoms with Gasteiger partial charge in [0.15, 0.2) is 0 Å². The van der Waals surface area contributed by atoms with E-state index in [0.29, 0.717) is 0 Å². The third-order valence-electron chi connectivity index (χ3n) is 3.62. The van der Waals surface area contributed by atoms with Crippen LogP contribution in [0.5, 0.6) is 0 Å². The SMILES string of the molecule is CC(Nc1cccc(N(C)C)c1)c1cc2ccccc2o1. The molecule has 1 atom stereocenters. The van der Waals surface area contributed by atoms with Crippen LogP contribution in [-0.2, 0) is 0 Å². The first-order chi connectivity index (χ1) is 10.1. The maximum absolute atomic E-state index is 5.91. The fourth-order valence-corrected chi connectivity index (χ4v) is 2.41. The molecule has 2 aromatic carbocycles. The highest BCUT2D eigenvalue weighted by Crippen LogP contribution is 2.27. The summed E-state index contributed by atoms with van der Waals surface area (Å²) in [4.78, 5) is 2.09. The molecule has 0 aliphatic heterocycles. The maximum atomic E-state index is 5.91. The van der Waals surface area contributed by atoms with E-state index in [1.54, 1.807) is 0 Å². The molecule has 0 aliphatic rings. The van der Waals surface area contributed by atoms with E-state index >= 15 is 0 Å². The molecular formula is C18H20N2O. The molecule has 0 saturated heterocycles. The number of nitrogens with zero attached hydrogens (tertiary/aromatic N) is 1. The third-order valence-corrected chi connectivity index (χ3v) is 3.62. The van der Waals surface area contributed by atoms with E-state index in [9.17, 15) is 0 Å². The van der Waals surface area contributed by atoms with Gasteiger partial charge in [-0.2, -0.15) is 0 Å². The Labute approximate surface area is 125 Å². The summed E-state index contributed by atoms with van der Waals surface area (Å²) in [6.45, 7) is 2.11. The molecule has 0 bridgehead atoms. The van der Waals surface area contributed by atoms with Gasteiger partial charge in [-0.05, 0) is 37.3 Å². The van der Waals surface area contributed by atoms with Gasteiger partial charge in [-0.15, -0.1) is 0 Å². The van der Waals surface area contributed by atoms with Crippen molar-refractivity contribution in [1.82, 2.24) is 0 Å². The van der Waals surface area contributed by atoms with Crippen LogP contribution < -0.4 is 10.2 Å². The van der Waals surface area contributed by atoms with E-state index in [2.05, 4.69) is 53.5 Å². The highest BCUT2D eigenvalue weighted by Gasteiger charge is 2.11. The van der Waals surface area contributed by atoms with Gasteiger partial charge in [-0.3, -0.25) is 0 Å². The molecule has 0 amide bonds.